The molecule has 0 atom stereocenters. The van der Waals surface area contributed by atoms with Gasteiger partial charge in [-0.1, -0.05) is 0 Å². The van der Waals surface area contributed by atoms with Crippen LogP contribution in [0.2, 0.25) is 0 Å². The van der Waals surface area contributed by atoms with E-state index in [1.807, 2.05) is 39.3 Å². The fourth-order valence-electron chi connectivity index (χ4n) is 2.24. The van der Waals surface area contributed by atoms with E-state index in [9.17, 15) is 4.79 Å². The minimum Gasteiger partial charge on any atom is -0.444 e. The van der Waals surface area contributed by atoms with Gasteiger partial charge in [-0.25, -0.2) is 4.79 Å². The highest BCUT2D eigenvalue weighted by Gasteiger charge is 2.33. The zero-order valence-electron chi connectivity index (χ0n) is 12.6. The molecule has 1 aromatic rings. The van der Waals surface area contributed by atoms with Crippen molar-refractivity contribution in [2.75, 3.05) is 0 Å². The average Bonchev–Trinajstić information content (AvgIpc) is 2.83. The number of rotatable bonds is 1. The van der Waals surface area contributed by atoms with Crippen molar-refractivity contribution in [2.24, 2.45) is 0 Å². The molecule has 0 saturated heterocycles. The van der Waals surface area contributed by atoms with Gasteiger partial charge in [0.25, 0.3) is 0 Å². The van der Waals surface area contributed by atoms with E-state index in [1.54, 1.807) is 4.90 Å². The molecule has 1 aromatic heterocycles. The van der Waals surface area contributed by atoms with Gasteiger partial charge in [0.05, 0.1) is 18.8 Å². The SMILES string of the molecule is CC(C)n1nc(C#N)c2c1CN(C(=O)OC(C)(C)C)C2. The maximum Gasteiger partial charge on any atom is 0.410 e. The van der Waals surface area contributed by atoms with Crippen molar-refractivity contribution in [3.8, 4) is 6.07 Å². The third kappa shape index (κ3) is 2.62. The predicted molar refractivity (Wildman–Crippen MR) is 72.8 cm³/mol. The fraction of sp³-hybridized carbons (Fsp3) is 0.643. The van der Waals surface area contributed by atoms with E-state index >= 15 is 0 Å². The lowest BCUT2D eigenvalue weighted by Crippen LogP contribution is -2.34. The summed E-state index contributed by atoms with van der Waals surface area (Å²) in [4.78, 5) is 13.7. The molecule has 2 heterocycles. The summed E-state index contributed by atoms with van der Waals surface area (Å²) in [5.74, 6) is 0. The van der Waals surface area contributed by atoms with E-state index in [0.29, 0.717) is 18.8 Å². The minimum atomic E-state index is -0.520. The van der Waals surface area contributed by atoms with E-state index in [1.165, 1.54) is 0 Å². The highest BCUT2D eigenvalue weighted by molar-refractivity contribution is 5.69. The molecule has 0 N–H and O–H groups in total. The standard InChI is InChI=1S/C14H20N4O2/c1-9(2)18-12-8-17(13(19)20-14(3,4)5)7-10(12)11(6-15)16-18/h9H,7-8H2,1-5H3. The number of carbonyl (C=O) groups is 1. The second-order valence-corrected chi connectivity index (χ2v) is 6.26. The summed E-state index contributed by atoms with van der Waals surface area (Å²) in [6, 6.07) is 2.26. The molecule has 1 aliphatic heterocycles. The van der Waals surface area contributed by atoms with Crippen molar-refractivity contribution in [1.82, 2.24) is 14.7 Å². The normalized spacial score (nSPS) is 14.3. The predicted octanol–water partition coefficient (Wildman–Crippen LogP) is 2.59. The van der Waals surface area contributed by atoms with Gasteiger partial charge in [-0.2, -0.15) is 10.4 Å². The molecule has 108 valence electrons. The quantitative estimate of drug-likeness (QED) is 0.790. The molecular weight excluding hydrogens is 256 g/mol. The Labute approximate surface area is 118 Å². The molecule has 1 aliphatic rings. The molecule has 0 aliphatic carbocycles. The van der Waals surface area contributed by atoms with Gasteiger partial charge in [0.15, 0.2) is 5.69 Å². The van der Waals surface area contributed by atoms with Crippen LogP contribution in [0.1, 0.15) is 57.6 Å². The summed E-state index contributed by atoms with van der Waals surface area (Å²) in [5, 5.41) is 13.4. The average molecular weight is 276 g/mol. The van der Waals surface area contributed by atoms with Crippen LogP contribution < -0.4 is 0 Å². The molecule has 0 bridgehead atoms. The van der Waals surface area contributed by atoms with Crippen LogP contribution in [0.5, 0.6) is 0 Å². The largest absolute Gasteiger partial charge is 0.444 e. The first-order chi connectivity index (χ1) is 9.23. The van der Waals surface area contributed by atoms with E-state index in [2.05, 4.69) is 11.2 Å². The molecule has 1 amide bonds. The van der Waals surface area contributed by atoms with Crippen molar-refractivity contribution in [2.45, 2.75) is 59.4 Å². The Bertz CT molecular complexity index is 575. The van der Waals surface area contributed by atoms with E-state index in [4.69, 9.17) is 10.00 Å². The van der Waals surface area contributed by atoms with Gasteiger partial charge in [0, 0.05) is 11.6 Å². The van der Waals surface area contributed by atoms with Gasteiger partial charge in [-0.15, -0.1) is 0 Å². The minimum absolute atomic E-state index is 0.157. The molecule has 0 fully saturated rings. The van der Waals surface area contributed by atoms with Crippen molar-refractivity contribution in [3.63, 3.8) is 0 Å². The monoisotopic (exact) mass is 276 g/mol. The molecule has 0 radical (unpaired) electrons. The Morgan fingerprint density at radius 3 is 2.55 bits per heavy atom. The summed E-state index contributed by atoms with van der Waals surface area (Å²) < 4.78 is 7.19. The fourth-order valence-corrected chi connectivity index (χ4v) is 2.24. The molecule has 0 unspecified atom stereocenters. The molecule has 0 aromatic carbocycles. The number of hydrogen-bond acceptors (Lipinski definition) is 4. The van der Waals surface area contributed by atoms with Crippen LogP contribution in [0.3, 0.4) is 0 Å². The number of hydrogen-bond donors (Lipinski definition) is 0. The number of nitrogens with zero attached hydrogens (tertiary/aromatic N) is 4. The Hall–Kier alpha value is -2.03. The number of carbonyl (C=O) groups excluding carboxylic acids is 1. The Morgan fingerprint density at radius 2 is 2.05 bits per heavy atom. The van der Waals surface area contributed by atoms with Crippen LogP contribution in [0.4, 0.5) is 4.79 Å². The van der Waals surface area contributed by atoms with Crippen molar-refractivity contribution in [3.05, 3.63) is 17.0 Å². The Kier molecular flexibility index (Phi) is 3.46. The second-order valence-electron chi connectivity index (χ2n) is 6.26. The van der Waals surface area contributed by atoms with Crippen molar-refractivity contribution < 1.29 is 9.53 Å². The summed E-state index contributed by atoms with van der Waals surface area (Å²) in [5.41, 5.74) is 1.66. The molecule has 20 heavy (non-hydrogen) atoms. The molecule has 0 saturated carbocycles. The van der Waals surface area contributed by atoms with Crippen LogP contribution in [0.15, 0.2) is 0 Å². The topological polar surface area (TPSA) is 71.2 Å². The number of amides is 1. The summed E-state index contributed by atoms with van der Waals surface area (Å²) in [7, 11) is 0. The van der Waals surface area contributed by atoms with Gasteiger partial charge < -0.3 is 4.74 Å². The zero-order chi connectivity index (χ0) is 15.1. The maximum atomic E-state index is 12.1. The summed E-state index contributed by atoms with van der Waals surface area (Å²) in [6.45, 7) is 10.4. The van der Waals surface area contributed by atoms with Crippen LogP contribution in [-0.2, 0) is 17.8 Å². The zero-order valence-corrected chi connectivity index (χ0v) is 12.6. The van der Waals surface area contributed by atoms with Gasteiger partial charge in [-0.3, -0.25) is 9.58 Å². The van der Waals surface area contributed by atoms with E-state index in [-0.39, 0.29) is 12.1 Å². The smallest absolute Gasteiger partial charge is 0.410 e. The van der Waals surface area contributed by atoms with Gasteiger partial charge in [-0.05, 0) is 34.6 Å². The van der Waals surface area contributed by atoms with Crippen molar-refractivity contribution >= 4 is 6.09 Å². The first-order valence-electron chi connectivity index (χ1n) is 6.71. The van der Waals surface area contributed by atoms with Gasteiger partial charge in [0.1, 0.15) is 11.7 Å². The van der Waals surface area contributed by atoms with Crippen LogP contribution in [-0.4, -0.2) is 26.4 Å². The number of aromatic nitrogens is 2. The molecule has 6 heteroatoms. The molecule has 0 spiro atoms. The first-order valence-corrected chi connectivity index (χ1v) is 6.71. The lowest BCUT2D eigenvalue weighted by molar-refractivity contribution is 0.0237. The maximum absolute atomic E-state index is 12.1. The lowest BCUT2D eigenvalue weighted by atomic mass is 10.2. The molecular formula is C14H20N4O2. The number of fused-ring (bicyclic) bond motifs is 1. The number of nitriles is 1. The third-order valence-electron chi connectivity index (χ3n) is 3.05. The van der Waals surface area contributed by atoms with E-state index in [0.717, 1.165) is 11.3 Å². The van der Waals surface area contributed by atoms with Crippen molar-refractivity contribution in [1.29, 1.82) is 5.26 Å². The Balaban J connectivity index is 2.23. The summed E-state index contributed by atoms with van der Waals surface area (Å²) in [6.07, 6.45) is -0.354. The van der Waals surface area contributed by atoms with Crippen LogP contribution >= 0.6 is 0 Å². The third-order valence-corrected chi connectivity index (χ3v) is 3.05. The highest BCUT2D eigenvalue weighted by atomic mass is 16.6. The first kappa shape index (κ1) is 14.4. The summed E-state index contributed by atoms with van der Waals surface area (Å²) >= 11 is 0. The van der Waals surface area contributed by atoms with Crippen LogP contribution in [0.25, 0.3) is 0 Å². The van der Waals surface area contributed by atoms with Crippen LogP contribution in [0, 0.1) is 11.3 Å². The van der Waals surface area contributed by atoms with E-state index < -0.39 is 5.60 Å². The molecule has 6 nitrogen and oxygen atoms in total. The molecule has 2 rings (SSSR count). The highest BCUT2D eigenvalue weighted by Crippen LogP contribution is 2.29. The Morgan fingerprint density at radius 1 is 1.40 bits per heavy atom. The lowest BCUT2D eigenvalue weighted by Gasteiger charge is -2.24. The second kappa shape index (κ2) is 4.82. The van der Waals surface area contributed by atoms with Gasteiger partial charge >= 0.3 is 6.09 Å². The number of ether oxygens (including phenoxy) is 1. The van der Waals surface area contributed by atoms with Gasteiger partial charge in [0.2, 0.25) is 0 Å².